The molecule has 1 aromatic heterocycles. The Labute approximate surface area is 119 Å². The second kappa shape index (κ2) is 5.95. The molecule has 0 aliphatic carbocycles. The zero-order valence-electron chi connectivity index (χ0n) is 11.8. The molecule has 1 fully saturated rings. The first-order chi connectivity index (χ1) is 9.43. The predicted molar refractivity (Wildman–Crippen MR) is 74.2 cm³/mol. The third-order valence-electron chi connectivity index (χ3n) is 3.50. The van der Waals surface area contributed by atoms with E-state index < -0.39 is 9.84 Å². The van der Waals surface area contributed by atoms with Crippen LogP contribution in [-0.4, -0.2) is 48.5 Å². The molecular formula is C13H20N2O4S. The van der Waals surface area contributed by atoms with E-state index in [-0.39, 0.29) is 29.2 Å². The lowest BCUT2D eigenvalue weighted by Crippen LogP contribution is -2.41. The molecule has 6 nitrogen and oxygen atoms in total. The summed E-state index contributed by atoms with van der Waals surface area (Å²) in [6.45, 7) is 4.33. The SMILES string of the molecule is CCCCN(C(=O)c1cc(C)no1)C1CCS(=O)(=O)C1. The number of nitrogens with zero attached hydrogens (tertiary/aromatic N) is 2. The molecule has 0 spiro atoms. The van der Waals surface area contributed by atoms with E-state index in [1.54, 1.807) is 17.9 Å². The van der Waals surface area contributed by atoms with Crippen molar-refractivity contribution in [3.8, 4) is 0 Å². The van der Waals surface area contributed by atoms with Gasteiger partial charge in [-0.3, -0.25) is 4.79 Å². The number of hydrogen-bond donors (Lipinski definition) is 0. The molecule has 0 saturated carbocycles. The molecule has 1 aromatic rings. The van der Waals surface area contributed by atoms with Gasteiger partial charge in [-0.15, -0.1) is 0 Å². The van der Waals surface area contributed by atoms with Crippen LogP contribution < -0.4 is 0 Å². The van der Waals surface area contributed by atoms with E-state index in [1.165, 1.54) is 0 Å². The lowest BCUT2D eigenvalue weighted by molar-refractivity contribution is 0.0651. The molecule has 1 unspecified atom stereocenters. The number of aromatic nitrogens is 1. The van der Waals surface area contributed by atoms with Crippen LogP contribution in [-0.2, 0) is 9.84 Å². The van der Waals surface area contributed by atoms with Crippen LogP contribution in [0.15, 0.2) is 10.6 Å². The summed E-state index contributed by atoms with van der Waals surface area (Å²) in [5, 5.41) is 3.71. The predicted octanol–water partition coefficient (Wildman–Crippen LogP) is 1.41. The Kier molecular flexibility index (Phi) is 4.47. The first-order valence-electron chi connectivity index (χ1n) is 6.87. The van der Waals surface area contributed by atoms with Gasteiger partial charge in [-0.1, -0.05) is 18.5 Å². The minimum absolute atomic E-state index is 0.0512. The van der Waals surface area contributed by atoms with Crippen molar-refractivity contribution in [1.29, 1.82) is 0 Å². The Balaban J connectivity index is 2.17. The van der Waals surface area contributed by atoms with Crippen LogP contribution in [0.25, 0.3) is 0 Å². The Morgan fingerprint density at radius 2 is 2.30 bits per heavy atom. The Morgan fingerprint density at radius 1 is 1.55 bits per heavy atom. The van der Waals surface area contributed by atoms with Gasteiger partial charge in [0.15, 0.2) is 9.84 Å². The van der Waals surface area contributed by atoms with Crippen molar-refractivity contribution < 1.29 is 17.7 Å². The van der Waals surface area contributed by atoms with Crippen LogP contribution in [0.1, 0.15) is 42.4 Å². The summed E-state index contributed by atoms with van der Waals surface area (Å²) in [6.07, 6.45) is 2.29. The minimum atomic E-state index is -3.02. The van der Waals surface area contributed by atoms with Gasteiger partial charge in [0, 0.05) is 18.7 Å². The molecule has 0 radical (unpaired) electrons. The summed E-state index contributed by atoms with van der Waals surface area (Å²) in [5.74, 6) is 0.127. The molecule has 112 valence electrons. The van der Waals surface area contributed by atoms with Gasteiger partial charge in [0.05, 0.1) is 17.2 Å². The first kappa shape index (κ1) is 15.0. The van der Waals surface area contributed by atoms with Crippen LogP contribution in [0, 0.1) is 6.92 Å². The van der Waals surface area contributed by atoms with Gasteiger partial charge in [-0.2, -0.15) is 0 Å². The topological polar surface area (TPSA) is 80.5 Å². The van der Waals surface area contributed by atoms with Crippen molar-refractivity contribution in [1.82, 2.24) is 10.1 Å². The zero-order valence-corrected chi connectivity index (χ0v) is 12.6. The van der Waals surface area contributed by atoms with Crippen molar-refractivity contribution >= 4 is 15.7 Å². The molecule has 20 heavy (non-hydrogen) atoms. The highest BCUT2D eigenvalue weighted by Crippen LogP contribution is 2.21. The number of rotatable bonds is 5. The van der Waals surface area contributed by atoms with Crippen LogP contribution in [0.3, 0.4) is 0 Å². The third-order valence-corrected chi connectivity index (χ3v) is 5.25. The summed E-state index contributed by atoms with van der Waals surface area (Å²) in [5.41, 5.74) is 0.642. The van der Waals surface area contributed by atoms with Crippen molar-refractivity contribution in [3.05, 3.63) is 17.5 Å². The second-order valence-electron chi connectivity index (χ2n) is 5.24. The molecule has 7 heteroatoms. The second-order valence-corrected chi connectivity index (χ2v) is 7.47. The average molecular weight is 300 g/mol. The smallest absolute Gasteiger partial charge is 0.292 e. The number of amides is 1. The lowest BCUT2D eigenvalue weighted by Gasteiger charge is -2.27. The van der Waals surface area contributed by atoms with Crippen LogP contribution in [0.2, 0.25) is 0 Å². The van der Waals surface area contributed by atoms with Crippen molar-refractivity contribution in [3.63, 3.8) is 0 Å². The van der Waals surface area contributed by atoms with E-state index in [0.717, 1.165) is 12.8 Å². The molecule has 1 aliphatic heterocycles. The molecule has 0 aromatic carbocycles. The maximum Gasteiger partial charge on any atom is 0.292 e. The number of carbonyl (C=O) groups is 1. The lowest BCUT2D eigenvalue weighted by atomic mass is 10.2. The number of carbonyl (C=O) groups excluding carboxylic acids is 1. The fourth-order valence-electron chi connectivity index (χ4n) is 2.41. The van der Waals surface area contributed by atoms with Crippen LogP contribution in [0.5, 0.6) is 0 Å². The first-order valence-corrected chi connectivity index (χ1v) is 8.70. The fourth-order valence-corrected chi connectivity index (χ4v) is 4.14. The highest BCUT2D eigenvalue weighted by Gasteiger charge is 2.35. The third kappa shape index (κ3) is 3.39. The zero-order chi connectivity index (χ0) is 14.8. The van der Waals surface area contributed by atoms with Gasteiger partial charge < -0.3 is 9.42 Å². The van der Waals surface area contributed by atoms with Gasteiger partial charge in [-0.25, -0.2) is 8.42 Å². The monoisotopic (exact) mass is 300 g/mol. The van der Waals surface area contributed by atoms with E-state index >= 15 is 0 Å². The van der Waals surface area contributed by atoms with E-state index in [4.69, 9.17) is 4.52 Å². The molecule has 0 N–H and O–H groups in total. The molecular weight excluding hydrogens is 280 g/mol. The van der Waals surface area contributed by atoms with Gasteiger partial charge in [0.2, 0.25) is 5.76 Å². The standard InChI is InChI=1S/C13H20N2O4S/c1-3-4-6-15(11-5-7-20(17,18)9-11)13(16)12-8-10(2)14-19-12/h8,11H,3-7,9H2,1-2H3. The molecule has 2 heterocycles. The normalized spacial score (nSPS) is 21.0. The maximum absolute atomic E-state index is 12.5. The van der Waals surface area contributed by atoms with E-state index in [0.29, 0.717) is 18.7 Å². The summed E-state index contributed by atoms with van der Waals surface area (Å²) < 4.78 is 28.2. The van der Waals surface area contributed by atoms with Crippen LogP contribution >= 0.6 is 0 Å². The summed E-state index contributed by atoms with van der Waals surface area (Å²) in [7, 11) is -3.02. The summed E-state index contributed by atoms with van der Waals surface area (Å²) in [4.78, 5) is 14.1. The number of aryl methyl sites for hydroxylation is 1. The van der Waals surface area contributed by atoms with Gasteiger partial charge in [0.1, 0.15) is 0 Å². The number of unbranched alkanes of at least 4 members (excludes halogenated alkanes) is 1. The molecule has 1 saturated heterocycles. The Morgan fingerprint density at radius 3 is 2.80 bits per heavy atom. The van der Waals surface area contributed by atoms with Crippen molar-refractivity contribution in [2.75, 3.05) is 18.1 Å². The van der Waals surface area contributed by atoms with Gasteiger partial charge in [-0.05, 0) is 19.8 Å². The molecule has 0 bridgehead atoms. The summed E-state index contributed by atoms with van der Waals surface area (Å²) in [6, 6.07) is 1.34. The molecule has 1 atom stereocenters. The van der Waals surface area contributed by atoms with E-state index in [2.05, 4.69) is 5.16 Å². The van der Waals surface area contributed by atoms with E-state index in [1.807, 2.05) is 6.92 Å². The number of hydrogen-bond acceptors (Lipinski definition) is 5. The largest absolute Gasteiger partial charge is 0.351 e. The molecule has 2 rings (SSSR count). The molecule has 1 amide bonds. The van der Waals surface area contributed by atoms with Crippen LogP contribution in [0.4, 0.5) is 0 Å². The van der Waals surface area contributed by atoms with Gasteiger partial charge in [0.25, 0.3) is 5.91 Å². The summed E-state index contributed by atoms with van der Waals surface area (Å²) >= 11 is 0. The fraction of sp³-hybridized carbons (Fsp3) is 0.692. The Bertz CT molecular complexity index is 579. The van der Waals surface area contributed by atoms with Crippen molar-refractivity contribution in [2.45, 2.75) is 39.2 Å². The van der Waals surface area contributed by atoms with Crippen molar-refractivity contribution in [2.24, 2.45) is 0 Å². The highest BCUT2D eigenvalue weighted by molar-refractivity contribution is 7.91. The molecule has 1 aliphatic rings. The van der Waals surface area contributed by atoms with E-state index in [9.17, 15) is 13.2 Å². The maximum atomic E-state index is 12.5. The van der Waals surface area contributed by atoms with Gasteiger partial charge >= 0.3 is 0 Å². The average Bonchev–Trinajstić information content (AvgIpc) is 2.96. The quantitative estimate of drug-likeness (QED) is 0.821. The number of sulfone groups is 1. The minimum Gasteiger partial charge on any atom is -0.351 e. The Hall–Kier alpha value is -1.37. The highest BCUT2D eigenvalue weighted by atomic mass is 32.2.